The Bertz CT molecular complexity index is 1190. The van der Waals surface area contributed by atoms with Crippen molar-refractivity contribution in [2.24, 2.45) is 0 Å². The Morgan fingerprint density at radius 1 is 1.21 bits per heavy atom. The molecule has 3 aromatic heterocycles. The van der Waals surface area contributed by atoms with Gasteiger partial charge >= 0.3 is 0 Å². The van der Waals surface area contributed by atoms with Gasteiger partial charge in [0.1, 0.15) is 9.71 Å². The van der Waals surface area contributed by atoms with Gasteiger partial charge in [0.05, 0.1) is 5.69 Å². The van der Waals surface area contributed by atoms with Gasteiger partial charge in [-0.05, 0) is 55.4 Å². The zero-order valence-corrected chi connectivity index (χ0v) is 16.4. The van der Waals surface area contributed by atoms with E-state index in [2.05, 4.69) is 28.5 Å². The van der Waals surface area contributed by atoms with Gasteiger partial charge in [-0.2, -0.15) is 0 Å². The Morgan fingerprint density at radius 3 is 3.00 bits per heavy atom. The lowest BCUT2D eigenvalue weighted by Gasteiger charge is -2.14. The maximum Gasteiger partial charge on any atom is 0.263 e. The van der Waals surface area contributed by atoms with Crippen LogP contribution < -0.4 is 11.1 Å². The highest BCUT2D eigenvalue weighted by Crippen LogP contribution is 2.35. The Labute approximate surface area is 167 Å². The molecule has 1 amide bonds. The van der Waals surface area contributed by atoms with Crippen molar-refractivity contribution in [1.29, 1.82) is 0 Å². The molecular formula is C22H22N4OS. The van der Waals surface area contributed by atoms with E-state index in [1.165, 1.54) is 46.4 Å². The standard InChI is InChI=1S/C22H22N4OS/c23-19-16-11-13-5-1-3-7-17(13)26-22(16)28-20(19)21(27)24-10-9-14-12-25-18-8-4-2-6-15(14)18/h2,4,6,8,11-12,25H,1,3,5,7,9-10,23H2,(H,24,27). The molecule has 0 bridgehead atoms. The number of hydrogen-bond acceptors (Lipinski definition) is 4. The van der Waals surface area contributed by atoms with E-state index in [4.69, 9.17) is 10.7 Å². The van der Waals surface area contributed by atoms with Crippen LogP contribution in [0.2, 0.25) is 0 Å². The molecule has 0 spiro atoms. The van der Waals surface area contributed by atoms with Gasteiger partial charge in [-0.25, -0.2) is 4.98 Å². The number of carbonyl (C=O) groups is 1. The number of nitrogen functional groups attached to an aromatic ring is 1. The lowest BCUT2D eigenvalue weighted by Crippen LogP contribution is -2.25. The first-order valence-electron chi connectivity index (χ1n) is 9.74. The second-order valence-electron chi connectivity index (χ2n) is 7.36. The molecule has 0 saturated carbocycles. The van der Waals surface area contributed by atoms with E-state index in [-0.39, 0.29) is 5.91 Å². The predicted octanol–water partition coefficient (Wildman–Crippen LogP) is 4.21. The van der Waals surface area contributed by atoms with Crippen molar-refractivity contribution < 1.29 is 4.79 Å². The molecule has 3 heterocycles. The maximum atomic E-state index is 12.7. The molecule has 5 rings (SSSR count). The van der Waals surface area contributed by atoms with Gasteiger partial charge in [0, 0.05) is 34.7 Å². The van der Waals surface area contributed by atoms with Crippen molar-refractivity contribution in [3.8, 4) is 0 Å². The quantitative estimate of drug-likeness (QED) is 0.488. The number of amides is 1. The van der Waals surface area contributed by atoms with Gasteiger partial charge in [-0.1, -0.05) is 18.2 Å². The number of aromatic nitrogens is 2. The number of nitrogens with two attached hydrogens (primary N) is 1. The summed E-state index contributed by atoms with van der Waals surface area (Å²) < 4.78 is 0. The number of nitrogens with zero attached hydrogens (tertiary/aromatic N) is 1. The van der Waals surface area contributed by atoms with Crippen LogP contribution in [0.5, 0.6) is 0 Å². The van der Waals surface area contributed by atoms with Crippen molar-refractivity contribution in [3.05, 3.63) is 58.2 Å². The van der Waals surface area contributed by atoms with E-state index in [0.29, 0.717) is 17.1 Å². The largest absolute Gasteiger partial charge is 0.397 e. The number of nitrogens with one attached hydrogen (secondary N) is 2. The first kappa shape index (κ1) is 17.3. The average molecular weight is 391 g/mol. The second-order valence-corrected chi connectivity index (χ2v) is 8.36. The summed E-state index contributed by atoms with van der Waals surface area (Å²) in [5, 5.41) is 5.15. The molecule has 1 aliphatic rings. The summed E-state index contributed by atoms with van der Waals surface area (Å²) in [4.78, 5) is 22.2. The smallest absolute Gasteiger partial charge is 0.263 e. The average Bonchev–Trinajstić information content (AvgIpc) is 3.28. The number of aromatic amines is 1. The molecule has 0 atom stereocenters. The Morgan fingerprint density at radius 2 is 2.07 bits per heavy atom. The van der Waals surface area contributed by atoms with E-state index in [9.17, 15) is 4.79 Å². The maximum absolute atomic E-state index is 12.7. The fourth-order valence-corrected chi connectivity index (χ4v) is 5.07. The summed E-state index contributed by atoms with van der Waals surface area (Å²) in [5.41, 5.74) is 11.7. The summed E-state index contributed by atoms with van der Waals surface area (Å²) in [6, 6.07) is 10.3. The van der Waals surface area contributed by atoms with Crippen molar-refractivity contribution in [2.75, 3.05) is 12.3 Å². The summed E-state index contributed by atoms with van der Waals surface area (Å²) in [5.74, 6) is -0.113. The zero-order valence-electron chi connectivity index (χ0n) is 15.5. The third-order valence-corrected chi connectivity index (χ3v) is 6.67. The number of carbonyl (C=O) groups excluding carboxylic acids is 1. The molecule has 0 saturated heterocycles. The van der Waals surface area contributed by atoms with Crippen molar-refractivity contribution >= 4 is 44.1 Å². The van der Waals surface area contributed by atoms with Crippen LogP contribution in [-0.2, 0) is 19.3 Å². The number of H-pyrrole nitrogens is 1. The highest BCUT2D eigenvalue weighted by molar-refractivity contribution is 7.21. The predicted molar refractivity (Wildman–Crippen MR) is 115 cm³/mol. The number of thiophene rings is 1. The number of fused-ring (bicyclic) bond motifs is 3. The van der Waals surface area contributed by atoms with Crippen molar-refractivity contribution in [2.45, 2.75) is 32.1 Å². The van der Waals surface area contributed by atoms with Crippen LogP contribution in [0.3, 0.4) is 0 Å². The van der Waals surface area contributed by atoms with E-state index in [1.54, 1.807) is 0 Å². The van der Waals surface area contributed by atoms with Gasteiger partial charge < -0.3 is 16.0 Å². The molecular weight excluding hydrogens is 368 g/mol. The van der Waals surface area contributed by atoms with E-state index in [0.717, 1.165) is 35.0 Å². The lowest BCUT2D eigenvalue weighted by atomic mass is 9.95. The summed E-state index contributed by atoms with van der Waals surface area (Å²) in [6.07, 6.45) is 7.25. The fraction of sp³-hybridized carbons (Fsp3) is 0.273. The van der Waals surface area contributed by atoms with Crippen LogP contribution in [0, 0.1) is 0 Å². The topological polar surface area (TPSA) is 83.8 Å². The first-order valence-corrected chi connectivity index (χ1v) is 10.6. The third kappa shape index (κ3) is 2.94. The number of aryl methyl sites for hydroxylation is 2. The van der Waals surface area contributed by atoms with Crippen LogP contribution in [0.4, 0.5) is 5.69 Å². The zero-order chi connectivity index (χ0) is 19.1. The number of pyridine rings is 1. The number of rotatable bonds is 4. The molecule has 4 aromatic rings. The van der Waals surface area contributed by atoms with Gasteiger partial charge in [-0.3, -0.25) is 4.79 Å². The normalized spacial score (nSPS) is 13.7. The summed E-state index contributed by atoms with van der Waals surface area (Å²) in [7, 11) is 0. The number of para-hydroxylation sites is 1. The molecule has 0 unspecified atom stereocenters. The van der Waals surface area contributed by atoms with Crippen LogP contribution in [0.15, 0.2) is 36.5 Å². The van der Waals surface area contributed by atoms with Crippen LogP contribution in [-0.4, -0.2) is 22.4 Å². The molecule has 4 N–H and O–H groups in total. The number of hydrogen-bond donors (Lipinski definition) is 3. The monoisotopic (exact) mass is 390 g/mol. The van der Waals surface area contributed by atoms with Crippen molar-refractivity contribution in [3.63, 3.8) is 0 Å². The molecule has 6 heteroatoms. The Hall–Kier alpha value is -2.86. The van der Waals surface area contributed by atoms with Crippen molar-refractivity contribution in [1.82, 2.24) is 15.3 Å². The van der Waals surface area contributed by atoms with E-state index in [1.807, 2.05) is 18.3 Å². The SMILES string of the molecule is Nc1c(C(=O)NCCc2c[nH]c3ccccc23)sc2nc3c(cc12)CCCC3. The molecule has 0 fully saturated rings. The van der Waals surface area contributed by atoms with Gasteiger partial charge in [0.2, 0.25) is 0 Å². The first-order chi connectivity index (χ1) is 13.7. The molecule has 1 aromatic carbocycles. The third-order valence-electron chi connectivity index (χ3n) is 5.56. The molecule has 0 radical (unpaired) electrons. The highest BCUT2D eigenvalue weighted by Gasteiger charge is 2.20. The molecule has 28 heavy (non-hydrogen) atoms. The molecule has 142 valence electrons. The summed E-state index contributed by atoms with van der Waals surface area (Å²) in [6.45, 7) is 0.568. The molecule has 1 aliphatic carbocycles. The minimum Gasteiger partial charge on any atom is -0.397 e. The minimum atomic E-state index is -0.113. The second kappa shape index (κ2) is 6.95. The lowest BCUT2D eigenvalue weighted by molar-refractivity contribution is 0.0959. The van der Waals surface area contributed by atoms with Gasteiger partial charge in [0.15, 0.2) is 0 Å². The van der Waals surface area contributed by atoms with Crippen LogP contribution in [0.1, 0.15) is 39.3 Å². The highest BCUT2D eigenvalue weighted by atomic mass is 32.1. The number of benzene rings is 1. The Kier molecular flexibility index (Phi) is 4.28. The van der Waals surface area contributed by atoms with Gasteiger partial charge in [-0.15, -0.1) is 11.3 Å². The number of anilines is 1. The Balaban J connectivity index is 1.33. The van der Waals surface area contributed by atoms with Crippen LogP contribution in [0.25, 0.3) is 21.1 Å². The van der Waals surface area contributed by atoms with E-state index < -0.39 is 0 Å². The fourth-order valence-electron chi connectivity index (χ4n) is 4.06. The summed E-state index contributed by atoms with van der Waals surface area (Å²) >= 11 is 1.40. The van der Waals surface area contributed by atoms with E-state index >= 15 is 0 Å². The minimum absolute atomic E-state index is 0.113. The van der Waals surface area contributed by atoms with Crippen LogP contribution >= 0.6 is 11.3 Å². The van der Waals surface area contributed by atoms with Gasteiger partial charge in [0.25, 0.3) is 5.91 Å². The molecule has 0 aliphatic heterocycles. The molecule has 5 nitrogen and oxygen atoms in total.